The molecule has 0 fully saturated rings. The number of methoxy groups -OCH3 is 5. The lowest BCUT2D eigenvalue weighted by molar-refractivity contribution is 0.0360. The van der Waals surface area contributed by atoms with Gasteiger partial charge in [0.15, 0.2) is 24.1 Å². The van der Waals surface area contributed by atoms with E-state index in [1.807, 2.05) is 20.8 Å². The Labute approximate surface area is 479 Å². The molecule has 2 atom stereocenters. The van der Waals surface area contributed by atoms with Gasteiger partial charge in [-0.1, -0.05) is 29.1 Å². The van der Waals surface area contributed by atoms with Crippen molar-refractivity contribution in [3.63, 3.8) is 0 Å². The van der Waals surface area contributed by atoms with Crippen molar-refractivity contribution in [3.05, 3.63) is 154 Å². The first kappa shape index (κ1) is 72.7. The van der Waals surface area contributed by atoms with Crippen molar-refractivity contribution in [2.75, 3.05) is 57.6 Å². The number of anilines is 4. The molecule has 448 valence electrons. The third-order valence-corrected chi connectivity index (χ3v) is 9.05. The number of carbonyl (C=O) groups excluding carboxylic acids is 2. The normalized spacial score (nSPS) is 14.0. The van der Waals surface area contributed by atoms with Gasteiger partial charge in [-0.05, 0) is 122 Å². The van der Waals surface area contributed by atoms with Crippen LogP contribution in [0, 0.1) is 11.6 Å². The number of nitrogen functional groups attached to an aromatic ring is 2. The maximum Gasteiger partial charge on any atom is 0.412 e. The second-order valence-corrected chi connectivity index (χ2v) is 19.8. The van der Waals surface area contributed by atoms with E-state index < -0.39 is 64.7 Å². The van der Waals surface area contributed by atoms with Crippen LogP contribution in [0.3, 0.4) is 0 Å². The summed E-state index contributed by atoms with van der Waals surface area (Å²) in [7, 11) is 7.29. The summed E-state index contributed by atoms with van der Waals surface area (Å²) in [5, 5.41) is 7.56. The van der Waals surface area contributed by atoms with Crippen LogP contribution in [0.15, 0.2) is 137 Å². The van der Waals surface area contributed by atoms with Crippen molar-refractivity contribution in [2.24, 2.45) is 11.5 Å². The minimum absolute atomic E-state index is 0.000370. The van der Waals surface area contributed by atoms with Crippen molar-refractivity contribution in [1.82, 2.24) is 29.7 Å². The van der Waals surface area contributed by atoms with Crippen LogP contribution in [-0.4, -0.2) is 95.8 Å². The van der Waals surface area contributed by atoms with Crippen molar-refractivity contribution in [3.8, 4) is 17.6 Å². The highest BCUT2D eigenvalue weighted by Crippen LogP contribution is 2.26. The van der Waals surface area contributed by atoms with Gasteiger partial charge in [0.1, 0.15) is 39.9 Å². The minimum atomic E-state index is -0.761. The molecule has 2 aliphatic rings. The van der Waals surface area contributed by atoms with Crippen LogP contribution in [0.5, 0.6) is 17.6 Å². The molecule has 2 amide bonds. The summed E-state index contributed by atoms with van der Waals surface area (Å²) in [5.74, 6) is -1.35. The monoisotopic (exact) mass is 1210 g/mol. The van der Waals surface area contributed by atoms with Gasteiger partial charge in [0.05, 0.1) is 38.4 Å². The molecule has 2 unspecified atom stereocenters. The molecule has 0 aromatic carbocycles. The summed E-state index contributed by atoms with van der Waals surface area (Å²) in [6.45, 7) is 25.1. The molecule has 81 heavy (non-hydrogen) atoms. The number of rotatable bonds is 9. The first-order valence-electron chi connectivity index (χ1n) is 24.0. The number of nitrogens with zero attached hydrogens (tertiary/aromatic N) is 5. The summed E-state index contributed by atoms with van der Waals surface area (Å²) in [6.07, 6.45) is 9.03. The van der Waals surface area contributed by atoms with E-state index in [0.717, 1.165) is 16.2 Å². The molecule has 0 saturated carbocycles. The van der Waals surface area contributed by atoms with Gasteiger partial charge in [-0.2, -0.15) is 0 Å². The number of hydrogen-bond donors (Lipinski definition) is 7. The molecule has 0 aliphatic carbocycles. The molecule has 0 radical (unpaired) electrons. The average Bonchev–Trinajstić information content (AvgIpc) is 3.42. The Morgan fingerprint density at radius 2 is 1.22 bits per heavy atom. The maximum absolute atomic E-state index is 13.4. The molecule has 2 aliphatic heterocycles. The SMILES string of the molecule is C=C(C)Br.C=C(C)N1C=CC(F)=C(N)C1OC.CC(C)n1ccc(F)c(N)c1=O.COC1NC=CC(F)=C1N.COc1nccc(F)c1NC(=O)OC(C)(C)C.COc1ncccc1N.COc1ncccc1NC(=O)OC(C)(C)C. The quantitative estimate of drug-likeness (QED) is 0.0766. The Balaban J connectivity index is 0.000000945. The van der Waals surface area contributed by atoms with Crippen LogP contribution >= 0.6 is 15.9 Å². The Morgan fingerprint density at radius 1 is 0.716 bits per heavy atom. The smallest absolute Gasteiger partial charge is 0.412 e. The van der Waals surface area contributed by atoms with E-state index in [0.29, 0.717) is 23.1 Å². The number of nitrogens with one attached hydrogen (secondary N) is 3. The molecule has 11 N–H and O–H groups in total. The molecule has 6 rings (SSSR count). The number of pyridine rings is 4. The average molecular weight is 1210 g/mol. The van der Waals surface area contributed by atoms with Crippen molar-refractivity contribution < 1.29 is 60.3 Å². The standard InChI is InChI=1S/C11H15FN2O3.C11H16N2O3.C9H13FN2O.C8H11FN2O.C6H9FN2O.C6H8N2O.C3H5Br/c1-11(2,3)17-10(15)14-8-7(12)5-6-13-9(8)16-4;1-11(2,3)16-10(14)13-8-6-5-7-12-9(8)15-4;1-6(2)12-5-4-7(10)8(11)9(12)13-3;1-5(2)11-4-3-6(9)7(10)8(11)12;1-10-6-5(8)4(7)2-3-9-6;1-9-6-5(7)3-2-4-8-6;1-3(2)4/h5-6H,1-4H3,(H,14,15);5-7H,1-4H3,(H,13,14);4-5,9H,1,11H2,2-3H3;3-5H,10H2,1-2H3;2-3,6,9H,8H2,1H3;2-4H,7H2,1H3;1H2,2H3. The Bertz CT molecular complexity index is 2850. The zero-order valence-corrected chi connectivity index (χ0v) is 49.8. The van der Waals surface area contributed by atoms with Crippen LogP contribution in [0.4, 0.5) is 49.9 Å². The summed E-state index contributed by atoms with van der Waals surface area (Å²) in [4.78, 5) is 47.4. The Morgan fingerprint density at radius 3 is 1.68 bits per heavy atom. The third-order valence-electron chi connectivity index (χ3n) is 9.05. The number of amides is 2. The van der Waals surface area contributed by atoms with Crippen LogP contribution in [0.25, 0.3) is 0 Å². The minimum Gasteiger partial charge on any atom is -0.480 e. The fourth-order valence-corrected chi connectivity index (χ4v) is 5.55. The van der Waals surface area contributed by atoms with Crippen molar-refractivity contribution in [2.45, 2.75) is 98.9 Å². The molecule has 0 saturated heterocycles. The largest absolute Gasteiger partial charge is 0.480 e. The van der Waals surface area contributed by atoms with E-state index >= 15 is 0 Å². The van der Waals surface area contributed by atoms with Gasteiger partial charge in [0.2, 0.25) is 17.6 Å². The van der Waals surface area contributed by atoms with Gasteiger partial charge in [-0.25, -0.2) is 42.1 Å². The van der Waals surface area contributed by atoms with Gasteiger partial charge < -0.3 is 70.9 Å². The highest BCUT2D eigenvalue weighted by Gasteiger charge is 2.25. The van der Waals surface area contributed by atoms with Crippen molar-refractivity contribution in [1.29, 1.82) is 0 Å². The lowest BCUT2D eigenvalue weighted by Gasteiger charge is -2.32. The zero-order valence-electron chi connectivity index (χ0n) is 48.2. The molecular formula is C54H77BrF4N12O10. The molecule has 27 heteroatoms. The maximum atomic E-state index is 13.4. The predicted octanol–water partition coefficient (Wildman–Crippen LogP) is 10.4. The number of aromatic nitrogens is 4. The molecule has 0 bridgehead atoms. The van der Waals surface area contributed by atoms with E-state index in [1.54, 1.807) is 103 Å². The Hall–Kier alpha value is -8.30. The lowest BCUT2D eigenvalue weighted by Crippen LogP contribution is -2.37. The van der Waals surface area contributed by atoms with Gasteiger partial charge in [0, 0.05) is 63.1 Å². The molecule has 4 aromatic heterocycles. The van der Waals surface area contributed by atoms with E-state index in [4.69, 9.17) is 56.1 Å². The number of ether oxygens (including phenoxy) is 7. The number of halogens is 5. The predicted molar refractivity (Wildman–Crippen MR) is 310 cm³/mol. The fourth-order valence-electron chi connectivity index (χ4n) is 5.55. The van der Waals surface area contributed by atoms with Gasteiger partial charge in [-0.15, -0.1) is 0 Å². The number of hydrogen-bond acceptors (Lipinski definition) is 19. The van der Waals surface area contributed by atoms with Crippen LogP contribution < -0.4 is 58.7 Å². The van der Waals surface area contributed by atoms with Crippen molar-refractivity contribution >= 4 is 50.9 Å². The second-order valence-electron chi connectivity index (χ2n) is 18.4. The van der Waals surface area contributed by atoms with E-state index in [-0.39, 0.29) is 34.7 Å². The number of dihydropyridines is 1. The number of allylic oxidation sites excluding steroid dienone is 6. The van der Waals surface area contributed by atoms with Crippen LogP contribution in [0.1, 0.15) is 75.3 Å². The molecule has 4 aromatic rings. The zero-order chi connectivity index (χ0) is 62.4. The molecule has 22 nitrogen and oxygen atoms in total. The van der Waals surface area contributed by atoms with E-state index in [9.17, 15) is 31.9 Å². The summed E-state index contributed by atoms with van der Waals surface area (Å²) < 4.78 is 88.6. The first-order valence-corrected chi connectivity index (χ1v) is 24.8. The molecular weight excluding hydrogens is 1130 g/mol. The van der Waals surface area contributed by atoms with E-state index in [1.165, 1.54) is 69.8 Å². The van der Waals surface area contributed by atoms with Crippen LogP contribution in [-0.2, 0) is 18.9 Å². The fraction of sp³-hybridized carbons (Fsp3) is 0.370. The van der Waals surface area contributed by atoms with Gasteiger partial charge in [-0.3, -0.25) is 15.4 Å². The third kappa shape index (κ3) is 27.9. The molecule has 6 heterocycles. The highest BCUT2D eigenvalue weighted by molar-refractivity contribution is 9.11. The number of nitrogens with two attached hydrogens (primary N) is 4. The van der Waals surface area contributed by atoms with E-state index in [2.05, 4.69) is 60.0 Å². The first-order chi connectivity index (χ1) is 37.7. The topological polar surface area (TPSA) is 303 Å². The highest BCUT2D eigenvalue weighted by atomic mass is 79.9. The lowest BCUT2D eigenvalue weighted by atomic mass is 10.2. The summed E-state index contributed by atoms with van der Waals surface area (Å²) in [6, 6.07) is 9.21. The van der Waals surface area contributed by atoms with Gasteiger partial charge >= 0.3 is 12.2 Å². The second kappa shape index (κ2) is 36.1. The number of carbonyl (C=O) groups is 2. The van der Waals surface area contributed by atoms with Gasteiger partial charge in [0.25, 0.3) is 5.56 Å². The van der Waals surface area contributed by atoms with Crippen LogP contribution in [0.2, 0.25) is 0 Å². The summed E-state index contributed by atoms with van der Waals surface area (Å²) >= 11 is 3.08. The summed E-state index contributed by atoms with van der Waals surface area (Å²) in [5.41, 5.74) is 21.3. The Kier molecular flexibility index (Phi) is 32.4. The molecule has 0 spiro atoms.